The number of carbonyl (C=O) groups is 2. The Morgan fingerprint density at radius 2 is 1.67 bits per heavy atom. The van der Waals surface area contributed by atoms with Crippen LogP contribution in [0.4, 0.5) is 5.69 Å². The summed E-state index contributed by atoms with van der Waals surface area (Å²) >= 11 is 0. The third kappa shape index (κ3) is 6.54. The van der Waals surface area contributed by atoms with Gasteiger partial charge in [-0.15, -0.1) is 0 Å². The van der Waals surface area contributed by atoms with Gasteiger partial charge in [0.1, 0.15) is 11.4 Å². The van der Waals surface area contributed by atoms with Gasteiger partial charge in [-0.25, -0.2) is 5.43 Å². The number of aryl methyl sites for hydroxylation is 1. The molecule has 0 atom stereocenters. The van der Waals surface area contributed by atoms with Gasteiger partial charge >= 0.3 is 0 Å². The molecule has 3 aromatic rings. The van der Waals surface area contributed by atoms with Gasteiger partial charge in [0.15, 0.2) is 0 Å². The predicted octanol–water partition coefficient (Wildman–Crippen LogP) is 3.69. The van der Waals surface area contributed by atoms with E-state index in [1.807, 2.05) is 56.3 Å². The molecule has 33 heavy (non-hydrogen) atoms. The highest BCUT2D eigenvalue weighted by atomic mass is 16.3. The van der Waals surface area contributed by atoms with E-state index in [9.17, 15) is 14.7 Å². The maximum atomic E-state index is 12.9. The zero-order valence-corrected chi connectivity index (χ0v) is 18.7. The number of amides is 2. The molecule has 0 saturated carbocycles. The highest BCUT2D eigenvalue weighted by Gasteiger charge is 2.14. The molecule has 0 fully saturated rings. The summed E-state index contributed by atoms with van der Waals surface area (Å²) in [7, 11) is 3.88. The van der Waals surface area contributed by atoms with E-state index in [0.717, 1.165) is 16.8 Å². The summed E-state index contributed by atoms with van der Waals surface area (Å²) in [6.45, 7) is 1.89. The summed E-state index contributed by atoms with van der Waals surface area (Å²) in [5.74, 6) is -0.964. The largest absolute Gasteiger partial charge is 0.507 e. The summed E-state index contributed by atoms with van der Waals surface area (Å²) in [6.07, 6.45) is 2.93. The van der Waals surface area contributed by atoms with Crippen molar-refractivity contribution in [3.05, 3.63) is 101 Å². The third-order valence-electron chi connectivity index (χ3n) is 4.80. The normalized spacial score (nSPS) is 11.3. The minimum absolute atomic E-state index is 0.0343. The van der Waals surface area contributed by atoms with Crippen LogP contribution in [0.1, 0.15) is 27.0 Å². The van der Waals surface area contributed by atoms with Crippen molar-refractivity contribution < 1.29 is 14.7 Å². The average molecular weight is 443 g/mol. The Morgan fingerprint density at radius 1 is 0.970 bits per heavy atom. The minimum Gasteiger partial charge on any atom is -0.507 e. The molecule has 0 spiro atoms. The van der Waals surface area contributed by atoms with E-state index >= 15 is 0 Å². The topological polar surface area (TPSA) is 94.0 Å². The second-order valence-electron chi connectivity index (χ2n) is 7.63. The lowest BCUT2D eigenvalue weighted by Crippen LogP contribution is -2.32. The Hall–Kier alpha value is -4.39. The van der Waals surface area contributed by atoms with E-state index in [1.165, 1.54) is 6.21 Å². The van der Waals surface area contributed by atoms with E-state index in [4.69, 9.17) is 0 Å². The second-order valence-corrected chi connectivity index (χ2v) is 7.63. The second kappa shape index (κ2) is 10.8. The van der Waals surface area contributed by atoms with Crippen LogP contribution in [0.25, 0.3) is 6.08 Å². The van der Waals surface area contributed by atoms with Gasteiger partial charge in [-0.1, -0.05) is 42.0 Å². The van der Waals surface area contributed by atoms with E-state index in [-0.39, 0.29) is 11.4 Å². The Morgan fingerprint density at radius 3 is 2.33 bits per heavy atom. The van der Waals surface area contributed by atoms with Crippen LogP contribution >= 0.6 is 0 Å². The summed E-state index contributed by atoms with van der Waals surface area (Å²) in [5, 5.41) is 16.5. The van der Waals surface area contributed by atoms with Gasteiger partial charge in [0.2, 0.25) is 0 Å². The van der Waals surface area contributed by atoms with Crippen molar-refractivity contribution >= 4 is 29.8 Å². The van der Waals surface area contributed by atoms with Crippen LogP contribution in [0.2, 0.25) is 0 Å². The van der Waals surface area contributed by atoms with Crippen LogP contribution in [0, 0.1) is 6.92 Å². The highest BCUT2D eigenvalue weighted by molar-refractivity contribution is 6.05. The monoisotopic (exact) mass is 442 g/mol. The van der Waals surface area contributed by atoms with E-state index in [2.05, 4.69) is 15.8 Å². The van der Waals surface area contributed by atoms with Crippen molar-refractivity contribution in [2.75, 3.05) is 19.0 Å². The molecule has 168 valence electrons. The molecule has 0 aliphatic heterocycles. The summed E-state index contributed by atoms with van der Waals surface area (Å²) in [4.78, 5) is 27.5. The lowest BCUT2D eigenvalue weighted by Gasteiger charge is -2.12. The first kappa shape index (κ1) is 23.3. The summed E-state index contributed by atoms with van der Waals surface area (Å²) < 4.78 is 0. The Bertz CT molecular complexity index is 1180. The molecule has 0 bridgehead atoms. The fourth-order valence-electron chi connectivity index (χ4n) is 2.98. The van der Waals surface area contributed by atoms with Gasteiger partial charge in [-0.3, -0.25) is 9.59 Å². The van der Waals surface area contributed by atoms with Crippen LogP contribution in [0.15, 0.2) is 83.6 Å². The maximum Gasteiger partial charge on any atom is 0.287 e. The van der Waals surface area contributed by atoms with Gasteiger partial charge in [0.05, 0.1) is 6.21 Å². The van der Waals surface area contributed by atoms with Crippen molar-refractivity contribution in [1.82, 2.24) is 10.7 Å². The van der Waals surface area contributed by atoms with Crippen LogP contribution in [0.5, 0.6) is 5.75 Å². The minimum atomic E-state index is -0.598. The molecular weight excluding hydrogens is 416 g/mol. The number of rotatable bonds is 7. The molecule has 3 aromatic carbocycles. The lowest BCUT2D eigenvalue weighted by molar-refractivity contribution is -0.117. The third-order valence-corrected chi connectivity index (χ3v) is 4.80. The maximum absolute atomic E-state index is 12.9. The smallest absolute Gasteiger partial charge is 0.287 e. The van der Waals surface area contributed by atoms with E-state index < -0.39 is 11.8 Å². The molecule has 0 aliphatic rings. The molecule has 7 nitrogen and oxygen atoms in total. The van der Waals surface area contributed by atoms with Crippen molar-refractivity contribution in [2.24, 2.45) is 5.10 Å². The molecule has 0 aliphatic carbocycles. The summed E-state index contributed by atoms with van der Waals surface area (Å²) in [5.41, 5.74) is 6.02. The Kier molecular flexibility index (Phi) is 7.60. The van der Waals surface area contributed by atoms with Crippen LogP contribution in [-0.2, 0) is 4.79 Å². The quantitative estimate of drug-likeness (QED) is 0.296. The SMILES string of the molecule is Cc1ccc(O)c(C=NNC(=O)C(=Cc2ccc(N(C)C)cc2)NC(=O)c2ccccc2)c1. The van der Waals surface area contributed by atoms with Crippen molar-refractivity contribution in [2.45, 2.75) is 6.92 Å². The number of hydrazone groups is 1. The van der Waals surface area contributed by atoms with Crippen LogP contribution in [-0.4, -0.2) is 37.2 Å². The first-order valence-electron chi connectivity index (χ1n) is 10.3. The standard InChI is InChI=1S/C26H26N4O3/c1-18-9-14-24(31)21(15-18)17-27-29-26(33)23(28-25(32)20-7-5-4-6-8-20)16-19-10-12-22(13-11-19)30(2)3/h4-17,31H,1-3H3,(H,28,32)(H,29,33). The van der Waals surface area contributed by atoms with E-state index in [1.54, 1.807) is 48.5 Å². The molecule has 0 heterocycles. The number of nitrogens with zero attached hydrogens (tertiary/aromatic N) is 2. The number of nitrogens with one attached hydrogen (secondary N) is 2. The summed E-state index contributed by atoms with van der Waals surface area (Å²) in [6, 6.07) is 21.2. The van der Waals surface area contributed by atoms with Crippen molar-refractivity contribution in [3.63, 3.8) is 0 Å². The predicted molar refractivity (Wildman–Crippen MR) is 131 cm³/mol. The number of carbonyl (C=O) groups excluding carboxylic acids is 2. The molecular formula is C26H26N4O3. The number of aromatic hydroxyl groups is 1. The number of phenols is 1. The van der Waals surface area contributed by atoms with Gasteiger partial charge in [0.25, 0.3) is 11.8 Å². The van der Waals surface area contributed by atoms with E-state index in [0.29, 0.717) is 11.1 Å². The Labute approximate surface area is 193 Å². The molecule has 7 heteroatoms. The molecule has 0 unspecified atom stereocenters. The molecule has 2 amide bonds. The number of phenolic OH excluding ortho intramolecular Hbond substituents is 1. The fourth-order valence-corrected chi connectivity index (χ4v) is 2.98. The average Bonchev–Trinajstić information content (AvgIpc) is 2.81. The van der Waals surface area contributed by atoms with Crippen LogP contribution < -0.4 is 15.6 Å². The zero-order valence-electron chi connectivity index (χ0n) is 18.7. The highest BCUT2D eigenvalue weighted by Crippen LogP contribution is 2.16. The molecule has 0 radical (unpaired) electrons. The molecule has 0 saturated heterocycles. The van der Waals surface area contributed by atoms with Gasteiger partial charge in [0, 0.05) is 30.9 Å². The molecule has 3 N–H and O–H groups in total. The first-order chi connectivity index (χ1) is 15.8. The van der Waals surface area contributed by atoms with Crippen LogP contribution in [0.3, 0.4) is 0 Å². The lowest BCUT2D eigenvalue weighted by atomic mass is 10.1. The first-order valence-corrected chi connectivity index (χ1v) is 10.3. The molecule has 3 rings (SSSR count). The number of hydrogen-bond donors (Lipinski definition) is 3. The number of anilines is 1. The Balaban J connectivity index is 1.83. The van der Waals surface area contributed by atoms with Gasteiger partial charge in [-0.05, 0) is 55.0 Å². The number of benzene rings is 3. The molecule has 0 aromatic heterocycles. The fraction of sp³-hybridized carbons (Fsp3) is 0.115. The number of hydrogen-bond acceptors (Lipinski definition) is 5. The van der Waals surface area contributed by atoms with Gasteiger partial charge < -0.3 is 15.3 Å². The van der Waals surface area contributed by atoms with Crippen molar-refractivity contribution in [3.8, 4) is 5.75 Å². The zero-order chi connectivity index (χ0) is 23.8. The van der Waals surface area contributed by atoms with Crippen molar-refractivity contribution in [1.29, 1.82) is 0 Å². The van der Waals surface area contributed by atoms with Gasteiger partial charge in [-0.2, -0.15) is 5.10 Å².